The fourth-order valence-corrected chi connectivity index (χ4v) is 1.06. The van der Waals surface area contributed by atoms with Gasteiger partial charge in [-0.1, -0.05) is 20.8 Å². The molecule has 0 radical (unpaired) electrons. The SMILES string of the molecule is CCC(O)CNCC(=O)NCCC(C)C. The number of carbonyl (C=O) groups excluding carboxylic acids is 1. The van der Waals surface area contributed by atoms with E-state index in [1.807, 2.05) is 6.92 Å². The third kappa shape index (κ3) is 9.69. The molecule has 1 atom stereocenters. The molecule has 1 unspecified atom stereocenters. The maximum atomic E-state index is 11.2. The van der Waals surface area contributed by atoms with Crippen LogP contribution in [0.3, 0.4) is 0 Å². The lowest BCUT2D eigenvalue weighted by Crippen LogP contribution is -2.37. The van der Waals surface area contributed by atoms with E-state index in [4.69, 9.17) is 0 Å². The molecule has 0 bridgehead atoms. The van der Waals surface area contributed by atoms with Crippen molar-refractivity contribution in [3.63, 3.8) is 0 Å². The van der Waals surface area contributed by atoms with Gasteiger partial charge in [0.25, 0.3) is 0 Å². The lowest BCUT2D eigenvalue weighted by molar-refractivity contribution is -0.120. The third-order valence-corrected chi connectivity index (χ3v) is 2.18. The number of amides is 1. The van der Waals surface area contributed by atoms with Crippen molar-refractivity contribution in [3.05, 3.63) is 0 Å². The quantitative estimate of drug-likeness (QED) is 0.554. The number of carbonyl (C=O) groups is 1. The number of aliphatic hydroxyl groups is 1. The first-order chi connectivity index (χ1) is 7.06. The second-order valence-corrected chi connectivity index (χ2v) is 4.23. The normalized spacial score (nSPS) is 12.9. The lowest BCUT2D eigenvalue weighted by atomic mass is 10.1. The smallest absolute Gasteiger partial charge is 0.233 e. The number of rotatable bonds is 8. The lowest BCUT2D eigenvalue weighted by Gasteiger charge is -2.10. The molecule has 0 rings (SSSR count). The van der Waals surface area contributed by atoms with E-state index in [1.165, 1.54) is 0 Å². The van der Waals surface area contributed by atoms with Crippen LogP contribution in [0, 0.1) is 5.92 Å². The molecule has 0 heterocycles. The monoisotopic (exact) mass is 216 g/mol. The molecular weight excluding hydrogens is 192 g/mol. The Bertz CT molecular complexity index is 172. The molecule has 0 saturated carbocycles. The van der Waals surface area contributed by atoms with Crippen LogP contribution in [0.5, 0.6) is 0 Å². The maximum absolute atomic E-state index is 11.2. The average Bonchev–Trinajstić information content (AvgIpc) is 2.17. The summed E-state index contributed by atoms with van der Waals surface area (Å²) in [6, 6.07) is 0. The highest BCUT2D eigenvalue weighted by Gasteiger charge is 2.03. The van der Waals surface area contributed by atoms with E-state index >= 15 is 0 Å². The van der Waals surface area contributed by atoms with Crippen LogP contribution in [-0.2, 0) is 4.79 Å². The minimum absolute atomic E-state index is 0.000969. The van der Waals surface area contributed by atoms with E-state index in [-0.39, 0.29) is 18.6 Å². The number of hydrogen-bond donors (Lipinski definition) is 3. The van der Waals surface area contributed by atoms with E-state index in [2.05, 4.69) is 24.5 Å². The van der Waals surface area contributed by atoms with Gasteiger partial charge in [-0.2, -0.15) is 0 Å². The van der Waals surface area contributed by atoms with Gasteiger partial charge in [0, 0.05) is 13.1 Å². The molecule has 90 valence electrons. The zero-order valence-corrected chi connectivity index (χ0v) is 10.0. The first kappa shape index (κ1) is 14.4. The van der Waals surface area contributed by atoms with Gasteiger partial charge < -0.3 is 15.7 Å². The molecule has 1 amide bonds. The topological polar surface area (TPSA) is 61.4 Å². The Morgan fingerprint density at radius 1 is 1.40 bits per heavy atom. The highest BCUT2D eigenvalue weighted by molar-refractivity contribution is 5.77. The molecule has 0 spiro atoms. The predicted octanol–water partition coefficient (Wildman–Crippen LogP) is 0.509. The fourth-order valence-electron chi connectivity index (χ4n) is 1.06. The van der Waals surface area contributed by atoms with Crippen molar-refractivity contribution in [1.29, 1.82) is 0 Å². The van der Waals surface area contributed by atoms with Crippen molar-refractivity contribution in [2.75, 3.05) is 19.6 Å². The first-order valence-electron chi connectivity index (χ1n) is 5.71. The van der Waals surface area contributed by atoms with Gasteiger partial charge >= 0.3 is 0 Å². The Morgan fingerprint density at radius 2 is 2.07 bits per heavy atom. The van der Waals surface area contributed by atoms with Crippen LogP contribution in [0.4, 0.5) is 0 Å². The molecule has 0 aromatic rings. The van der Waals surface area contributed by atoms with Gasteiger partial charge in [0.05, 0.1) is 12.6 Å². The standard InChI is InChI=1S/C11H24N2O2/c1-4-10(14)7-12-8-11(15)13-6-5-9(2)3/h9-10,12,14H,4-8H2,1-3H3,(H,13,15). The van der Waals surface area contributed by atoms with Crippen molar-refractivity contribution in [1.82, 2.24) is 10.6 Å². The summed E-state index contributed by atoms with van der Waals surface area (Å²) in [7, 11) is 0. The zero-order chi connectivity index (χ0) is 11.7. The van der Waals surface area contributed by atoms with Crippen LogP contribution in [0.25, 0.3) is 0 Å². The van der Waals surface area contributed by atoms with Crippen LogP contribution in [-0.4, -0.2) is 36.8 Å². The minimum Gasteiger partial charge on any atom is -0.392 e. The minimum atomic E-state index is -0.353. The van der Waals surface area contributed by atoms with Crippen LogP contribution in [0.15, 0.2) is 0 Å². The van der Waals surface area contributed by atoms with Crippen molar-refractivity contribution < 1.29 is 9.90 Å². The van der Waals surface area contributed by atoms with E-state index in [0.29, 0.717) is 18.9 Å². The van der Waals surface area contributed by atoms with Gasteiger partial charge in [-0.25, -0.2) is 0 Å². The summed E-state index contributed by atoms with van der Waals surface area (Å²) in [5.41, 5.74) is 0. The second-order valence-electron chi connectivity index (χ2n) is 4.23. The molecule has 4 heteroatoms. The number of aliphatic hydroxyl groups excluding tert-OH is 1. The molecule has 0 aromatic heterocycles. The summed E-state index contributed by atoms with van der Waals surface area (Å²) in [6.07, 6.45) is 1.36. The molecule has 3 N–H and O–H groups in total. The van der Waals surface area contributed by atoms with E-state index in [1.54, 1.807) is 0 Å². The number of hydrogen-bond acceptors (Lipinski definition) is 3. The highest BCUT2D eigenvalue weighted by Crippen LogP contribution is 1.95. The molecular formula is C11H24N2O2. The Balaban J connectivity index is 3.33. The molecule has 0 aliphatic carbocycles. The van der Waals surface area contributed by atoms with Crippen LogP contribution in [0.1, 0.15) is 33.6 Å². The Morgan fingerprint density at radius 3 is 2.60 bits per heavy atom. The summed E-state index contributed by atoms with van der Waals surface area (Å²) in [4.78, 5) is 11.2. The summed E-state index contributed by atoms with van der Waals surface area (Å²) in [5.74, 6) is 0.610. The first-order valence-corrected chi connectivity index (χ1v) is 5.71. The predicted molar refractivity (Wildman–Crippen MR) is 61.6 cm³/mol. The largest absolute Gasteiger partial charge is 0.392 e. The average molecular weight is 216 g/mol. The van der Waals surface area contributed by atoms with Gasteiger partial charge in [0.1, 0.15) is 0 Å². The van der Waals surface area contributed by atoms with Gasteiger partial charge in [-0.05, 0) is 18.8 Å². The van der Waals surface area contributed by atoms with Gasteiger partial charge in [-0.3, -0.25) is 4.79 Å². The van der Waals surface area contributed by atoms with Crippen molar-refractivity contribution >= 4 is 5.91 Å². The maximum Gasteiger partial charge on any atom is 0.233 e. The van der Waals surface area contributed by atoms with Gasteiger partial charge in [0.15, 0.2) is 0 Å². The molecule has 15 heavy (non-hydrogen) atoms. The van der Waals surface area contributed by atoms with Gasteiger partial charge in [0.2, 0.25) is 5.91 Å². The van der Waals surface area contributed by atoms with Crippen molar-refractivity contribution in [3.8, 4) is 0 Å². The zero-order valence-electron chi connectivity index (χ0n) is 10.0. The summed E-state index contributed by atoms with van der Waals surface area (Å²) >= 11 is 0. The summed E-state index contributed by atoms with van der Waals surface area (Å²) < 4.78 is 0. The summed E-state index contributed by atoms with van der Waals surface area (Å²) in [6.45, 7) is 7.66. The van der Waals surface area contributed by atoms with Crippen molar-refractivity contribution in [2.24, 2.45) is 5.92 Å². The fraction of sp³-hybridized carbons (Fsp3) is 0.909. The Labute approximate surface area is 92.4 Å². The van der Waals surface area contributed by atoms with E-state index < -0.39 is 0 Å². The van der Waals surface area contributed by atoms with Gasteiger partial charge in [-0.15, -0.1) is 0 Å². The highest BCUT2D eigenvalue weighted by atomic mass is 16.3. The molecule has 0 aliphatic rings. The molecule has 4 nitrogen and oxygen atoms in total. The Kier molecular flexibility index (Phi) is 8.33. The van der Waals surface area contributed by atoms with Crippen molar-refractivity contribution in [2.45, 2.75) is 39.7 Å². The molecule has 0 fully saturated rings. The summed E-state index contributed by atoms with van der Waals surface area (Å²) in [5, 5.41) is 15.0. The Hall–Kier alpha value is -0.610. The molecule has 0 aromatic carbocycles. The van der Waals surface area contributed by atoms with Crippen LogP contribution < -0.4 is 10.6 Å². The van der Waals surface area contributed by atoms with Crippen LogP contribution >= 0.6 is 0 Å². The van der Waals surface area contributed by atoms with E-state index in [9.17, 15) is 9.90 Å². The molecule has 0 saturated heterocycles. The number of nitrogens with one attached hydrogen (secondary N) is 2. The third-order valence-electron chi connectivity index (χ3n) is 2.18. The second kappa shape index (κ2) is 8.68. The van der Waals surface area contributed by atoms with E-state index in [0.717, 1.165) is 13.0 Å². The van der Waals surface area contributed by atoms with Crippen LogP contribution in [0.2, 0.25) is 0 Å². The molecule has 0 aliphatic heterocycles.